The van der Waals surface area contributed by atoms with E-state index in [1.165, 1.54) is 70.6 Å². The molecule has 0 aromatic heterocycles. The molecule has 1 amide bonds. The molecule has 2 radical (unpaired) electrons. The molecule has 23 heavy (non-hydrogen) atoms. The fourth-order valence-corrected chi connectivity index (χ4v) is 2.57. The van der Waals surface area contributed by atoms with Crippen LogP contribution in [0.4, 0.5) is 0 Å². The Balaban J connectivity index is 0. The first kappa shape index (κ1) is 25.4. The maximum absolute atomic E-state index is 11.3. The minimum atomic E-state index is -0.987. The molecule has 0 saturated carbocycles. The first-order valence-electron chi connectivity index (χ1n) is 9.15. The molecule has 0 rings (SSSR count). The third kappa shape index (κ3) is 22.2. The third-order valence-electron chi connectivity index (χ3n) is 3.94. The van der Waals surface area contributed by atoms with Crippen LogP contribution in [0.3, 0.4) is 0 Å². The standard InChI is InChI=1S/C18H35NO3.Ca/c1-2-3-4-5-6-7-8-9-10-11-12-13-14-15-17(20)19-16-18(21)22;/h2-16H2,1H3,(H,19,20)(H,21,22);. The average Bonchev–Trinajstić information content (AvgIpc) is 2.49. The van der Waals surface area contributed by atoms with Crippen molar-refractivity contribution in [3.05, 3.63) is 0 Å². The van der Waals surface area contributed by atoms with E-state index in [2.05, 4.69) is 12.2 Å². The number of aliphatic carboxylic acids is 1. The Hall–Kier alpha value is 0.200. The number of carboxylic acids is 1. The van der Waals surface area contributed by atoms with Gasteiger partial charge in [0, 0.05) is 44.2 Å². The van der Waals surface area contributed by atoms with Crippen molar-refractivity contribution < 1.29 is 14.7 Å². The Labute approximate surface area is 172 Å². The van der Waals surface area contributed by atoms with Gasteiger partial charge in [0.2, 0.25) is 5.91 Å². The van der Waals surface area contributed by atoms with E-state index in [-0.39, 0.29) is 50.2 Å². The number of rotatable bonds is 16. The van der Waals surface area contributed by atoms with Crippen LogP contribution in [-0.4, -0.2) is 61.3 Å². The van der Waals surface area contributed by atoms with E-state index in [9.17, 15) is 9.59 Å². The summed E-state index contributed by atoms with van der Waals surface area (Å²) < 4.78 is 0. The monoisotopic (exact) mass is 353 g/mol. The number of nitrogens with one attached hydrogen (secondary N) is 1. The summed E-state index contributed by atoms with van der Waals surface area (Å²) in [6.45, 7) is 1.99. The molecule has 0 saturated heterocycles. The summed E-state index contributed by atoms with van der Waals surface area (Å²) in [6, 6.07) is 0. The number of hydrogen-bond donors (Lipinski definition) is 2. The van der Waals surface area contributed by atoms with Gasteiger partial charge in [-0.25, -0.2) is 0 Å². The van der Waals surface area contributed by atoms with Gasteiger partial charge in [0.25, 0.3) is 0 Å². The maximum atomic E-state index is 11.3. The predicted octanol–water partition coefficient (Wildman–Crippen LogP) is 4.29. The molecule has 0 aromatic carbocycles. The normalized spacial score (nSPS) is 10.1. The molecular weight excluding hydrogens is 318 g/mol. The van der Waals surface area contributed by atoms with Crippen molar-refractivity contribution in [1.29, 1.82) is 0 Å². The molecule has 132 valence electrons. The number of unbranched alkanes of at least 4 members (excludes halogenated alkanes) is 12. The van der Waals surface area contributed by atoms with E-state index >= 15 is 0 Å². The molecule has 0 aliphatic carbocycles. The molecule has 0 heterocycles. The van der Waals surface area contributed by atoms with Crippen LogP contribution in [0.5, 0.6) is 0 Å². The largest absolute Gasteiger partial charge is 0.480 e. The Morgan fingerprint density at radius 3 is 1.52 bits per heavy atom. The van der Waals surface area contributed by atoms with Crippen LogP contribution in [0.2, 0.25) is 0 Å². The van der Waals surface area contributed by atoms with Gasteiger partial charge in [0.05, 0.1) is 0 Å². The summed E-state index contributed by atoms with van der Waals surface area (Å²) in [7, 11) is 0. The van der Waals surface area contributed by atoms with E-state index in [0.717, 1.165) is 12.8 Å². The molecule has 4 nitrogen and oxygen atoms in total. The van der Waals surface area contributed by atoms with Crippen molar-refractivity contribution in [3.63, 3.8) is 0 Å². The van der Waals surface area contributed by atoms with Crippen molar-refractivity contribution in [1.82, 2.24) is 5.32 Å². The Kier molecular flexibility index (Phi) is 22.4. The van der Waals surface area contributed by atoms with Crippen LogP contribution in [0.1, 0.15) is 96.8 Å². The Morgan fingerprint density at radius 2 is 1.13 bits per heavy atom. The molecular formula is C18H35CaNO3. The van der Waals surface area contributed by atoms with E-state index < -0.39 is 5.97 Å². The van der Waals surface area contributed by atoms with Gasteiger partial charge in [-0.1, -0.05) is 84.0 Å². The van der Waals surface area contributed by atoms with Crippen molar-refractivity contribution in [2.24, 2.45) is 0 Å². The molecule has 0 bridgehead atoms. The molecule has 0 spiro atoms. The SMILES string of the molecule is CCCCCCCCCCCCCCCC(=O)NCC(=O)O.[Ca]. The van der Waals surface area contributed by atoms with Gasteiger partial charge in [-0.2, -0.15) is 0 Å². The second-order valence-corrected chi connectivity index (χ2v) is 6.16. The third-order valence-corrected chi connectivity index (χ3v) is 3.94. The van der Waals surface area contributed by atoms with Crippen LogP contribution in [0, 0.1) is 0 Å². The topological polar surface area (TPSA) is 66.4 Å². The molecule has 0 unspecified atom stereocenters. The smallest absolute Gasteiger partial charge is 0.322 e. The minimum Gasteiger partial charge on any atom is -0.480 e. The Morgan fingerprint density at radius 1 is 0.739 bits per heavy atom. The minimum absolute atomic E-state index is 0. The van der Waals surface area contributed by atoms with Gasteiger partial charge in [-0.3, -0.25) is 9.59 Å². The number of carbonyl (C=O) groups excluding carboxylic acids is 1. The summed E-state index contributed by atoms with van der Waals surface area (Å²) in [6.07, 6.45) is 17.1. The number of amides is 1. The molecule has 0 fully saturated rings. The van der Waals surface area contributed by atoms with Crippen LogP contribution in [0.25, 0.3) is 0 Å². The first-order chi connectivity index (χ1) is 10.7. The average molecular weight is 354 g/mol. The zero-order valence-electron chi connectivity index (χ0n) is 15.1. The van der Waals surface area contributed by atoms with Gasteiger partial charge < -0.3 is 10.4 Å². The fraction of sp³-hybridized carbons (Fsp3) is 0.889. The zero-order valence-corrected chi connectivity index (χ0v) is 17.3. The molecule has 5 heteroatoms. The Bertz CT molecular complexity index is 285. The van der Waals surface area contributed by atoms with Gasteiger partial charge in [0.15, 0.2) is 0 Å². The second kappa shape index (κ2) is 20.2. The van der Waals surface area contributed by atoms with Crippen LogP contribution in [-0.2, 0) is 9.59 Å². The summed E-state index contributed by atoms with van der Waals surface area (Å²) in [5, 5.41) is 10.8. The van der Waals surface area contributed by atoms with E-state index in [1.807, 2.05) is 0 Å². The second-order valence-electron chi connectivity index (χ2n) is 6.16. The fourth-order valence-electron chi connectivity index (χ4n) is 2.57. The number of carbonyl (C=O) groups is 2. The summed E-state index contributed by atoms with van der Waals surface area (Å²) in [4.78, 5) is 21.6. The number of carboxylic acid groups (broad SMARTS) is 1. The first-order valence-corrected chi connectivity index (χ1v) is 9.15. The van der Waals surface area contributed by atoms with E-state index in [4.69, 9.17) is 5.11 Å². The van der Waals surface area contributed by atoms with Gasteiger partial charge in [-0.05, 0) is 6.42 Å². The summed E-state index contributed by atoms with van der Waals surface area (Å²) in [5.41, 5.74) is 0. The van der Waals surface area contributed by atoms with Gasteiger partial charge in [-0.15, -0.1) is 0 Å². The van der Waals surface area contributed by atoms with Crippen molar-refractivity contribution >= 4 is 49.6 Å². The summed E-state index contributed by atoms with van der Waals surface area (Å²) in [5.74, 6) is -1.14. The predicted molar refractivity (Wildman–Crippen MR) is 96.7 cm³/mol. The van der Waals surface area contributed by atoms with Gasteiger partial charge >= 0.3 is 5.97 Å². The molecule has 0 aliphatic rings. The van der Waals surface area contributed by atoms with Gasteiger partial charge in [0.1, 0.15) is 6.54 Å². The molecule has 0 atom stereocenters. The van der Waals surface area contributed by atoms with E-state index in [1.54, 1.807) is 0 Å². The molecule has 2 N–H and O–H groups in total. The molecule has 0 aliphatic heterocycles. The zero-order chi connectivity index (χ0) is 16.5. The van der Waals surface area contributed by atoms with Crippen LogP contribution in [0.15, 0.2) is 0 Å². The quantitative estimate of drug-likeness (QED) is 0.321. The van der Waals surface area contributed by atoms with Crippen molar-refractivity contribution in [2.45, 2.75) is 96.8 Å². The molecule has 0 aromatic rings. The van der Waals surface area contributed by atoms with Crippen LogP contribution < -0.4 is 5.32 Å². The van der Waals surface area contributed by atoms with Crippen molar-refractivity contribution in [3.8, 4) is 0 Å². The van der Waals surface area contributed by atoms with E-state index in [0.29, 0.717) is 6.42 Å². The van der Waals surface area contributed by atoms with Crippen molar-refractivity contribution in [2.75, 3.05) is 6.54 Å². The maximum Gasteiger partial charge on any atom is 0.322 e. The summed E-state index contributed by atoms with van der Waals surface area (Å²) >= 11 is 0. The van der Waals surface area contributed by atoms with Crippen LogP contribution >= 0.6 is 0 Å². The number of hydrogen-bond acceptors (Lipinski definition) is 2.